The Labute approximate surface area is 344 Å². The van der Waals surface area contributed by atoms with Gasteiger partial charge in [0.25, 0.3) is 7.82 Å². The van der Waals surface area contributed by atoms with Crippen molar-refractivity contribution in [2.24, 2.45) is 0 Å². The molecule has 0 aromatic carbocycles. The van der Waals surface area contributed by atoms with Gasteiger partial charge in [-0.05, 0) is 89.9 Å². The zero-order chi connectivity index (χ0) is 38.2. The van der Waals surface area contributed by atoms with E-state index in [-0.39, 0.29) is 49.0 Å². The molecule has 0 rings (SSSR count). The van der Waals surface area contributed by atoms with Crippen molar-refractivity contribution in [3.63, 3.8) is 0 Å². The van der Waals surface area contributed by atoms with Crippen molar-refractivity contribution in [2.75, 3.05) is 13.2 Å². The Balaban J connectivity index is 0. The zero-order valence-corrected chi connectivity index (χ0v) is 36.0. The summed E-state index contributed by atoms with van der Waals surface area (Å²) in [5, 5.41) is 0. The molecule has 0 aliphatic rings. The van der Waals surface area contributed by atoms with Crippen LogP contribution in [0.5, 0.6) is 0 Å². The van der Waals surface area contributed by atoms with Crippen LogP contribution in [0.2, 0.25) is 0 Å². The van der Waals surface area contributed by atoms with Gasteiger partial charge in [-0.25, -0.2) is 0 Å². The monoisotopic (exact) mass is 766 g/mol. The van der Waals surface area contributed by atoms with Gasteiger partial charge in [0.1, 0.15) is 6.61 Å². The van der Waals surface area contributed by atoms with Gasteiger partial charge in [0.15, 0.2) is 6.10 Å². The summed E-state index contributed by atoms with van der Waals surface area (Å²) < 4.78 is 25.9. The van der Waals surface area contributed by atoms with Crippen molar-refractivity contribution in [1.29, 1.82) is 0 Å². The van der Waals surface area contributed by atoms with Gasteiger partial charge in [0.05, 0.1) is 6.61 Å². The number of rotatable bonds is 34. The van der Waals surface area contributed by atoms with E-state index in [0.717, 1.165) is 51.4 Å². The van der Waals surface area contributed by atoms with Gasteiger partial charge in [0, 0.05) is 12.8 Å². The Morgan fingerprint density at radius 3 is 1.25 bits per heavy atom. The summed E-state index contributed by atoms with van der Waals surface area (Å²) in [5.41, 5.74) is 0. The minimum Gasteiger partial charge on any atom is -0.756 e. The van der Waals surface area contributed by atoms with Gasteiger partial charge in [-0.15, -0.1) is 0 Å². The fourth-order valence-corrected chi connectivity index (χ4v) is 5.00. The fourth-order valence-electron chi connectivity index (χ4n) is 4.65. The number of unbranched alkanes of at least 4 members (excludes halogenated alkanes) is 8. The van der Waals surface area contributed by atoms with E-state index in [0.29, 0.717) is 25.7 Å². The van der Waals surface area contributed by atoms with Gasteiger partial charge in [0.2, 0.25) is 0 Å². The largest absolute Gasteiger partial charge is 1.00 e. The Morgan fingerprint density at radius 1 is 0.547 bits per heavy atom. The van der Waals surface area contributed by atoms with Crippen LogP contribution in [0.25, 0.3) is 0 Å². The average Bonchev–Trinajstić information content (AvgIpc) is 3.11. The van der Waals surface area contributed by atoms with Crippen LogP contribution in [0.15, 0.2) is 97.2 Å². The summed E-state index contributed by atoms with van der Waals surface area (Å²) in [6.07, 6.45) is 51.1. The molecular formula is C43H68NaO8P. The van der Waals surface area contributed by atoms with E-state index in [2.05, 4.69) is 97.4 Å². The van der Waals surface area contributed by atoms with E-state index in [4.69, 9.17) is 14.4 Å². The maximum Gasteiger partial charge on any atom is 1.00 e. The number of carbonyl (C=O) groups excluding carboxylic acids is 2. The first-order chi connectivity index (χ1) is 25.3. The Morgan fingerprint density at radius 2 is 0.887 bits per heavy atom. The molecule has 53 heavy (non-hydrogen) atoms. The van der Waals surface area contributed by atoms with Crippen molar-refractivity contribution in [3.8, 4) is 0 Å². The van der Waals surface area contributed by atoms with Crippen molar-refractivity contribution < 1.29 is 67.5 Å². The first-order valence-electron chi connectivity index (χ1n) is 19.5. The number of esters is 2. The molecule has 0 spiro atoms. The van der Waals surface area contributed by atoms with Gasteiger partial charge < -0.3 is 23.8 Å². The van der Waals surface area contributed by atoms with Crippen LogP contribution < -0.4 is 34.5 Å². The normalized spacial score (nSPS) is 14.2. The fraction of sp³-hybridized carbons (Fsp3) is 0.581. The summed E-state index contributed by atoms with van der Waals surface area (Å²) >= 11 is 0. The molecule has 8 nitrogen and oxygen atoms in total. The predicted molar refractivity (Wildman–Crippen MR) is 213 cm³/mol. The molecule has 0 aliphatic heterocycles. The minimum atomic E-state index is -5.04. The molecule has 0 heterocycles. The van der Waals surface area contributed by atoms with E-state index >= 15 is 0 Å². The zero-order valence-electron chi connectivity index (χ0n) is 33.1. The van der Waals surface area contributed by atoms with Crippen LogP contribution in [0.3, 0.4) is 0 Å². The number of allylic oxidation sites excluding steroid dienone is 16. The Kier molecular flexibility index (Phi) is 41.2. The third-order valence-electron chi connectivity index (χ3n) is 7.57. The summed E-state index contributed by atoms with van der Waals surface area (Å²) in [5.74, 6) is -1.06. The van der Waals surface area contributed by atoms with E-state index in [1.807, 2.05) is 18.2 Å². The summed E-state index contributed by atoms with van der Waals surface area (Å²) in [7, 11) is -5.04. The SMILES string of the molecule is CCCCC/C=C\C/C=C\C/C=C\C/C=C\CCCC(=O)OC[C@H](COP(=O)([O-])O)OC(=O)CCC/C=C\C/C=C\C/C=C\C/C=C\CCCCC.[Na+]. The molecule has 0 aromatic rings. The molecule has 294 valence electrons. The Hall–Kier alpha value is -2.03. The molecule has 0 bridgehead atoms. The standard InChI is InChI=1S/C43H69O8P.Na/c1-3-5-7-9-11-13-15-17-19-21-23-25-27-29-31-33-35-37-42(44)49-39-41(40-50-52(46,47)48)51-43(45)38-36-34-32-30-28-26-24-22-20-18-16-14-12-10-8-6-4-2;/h11-14,17-20,23-26,29-32,41H,3-10,15-16,21-22,27-28,33-40H2,1-2H3,(H2,46,47,48);/q;+1/p-1/b13-11-,14-12-,19-17-,20-18-,25-23-,26-24-,31-29-,32-30-;/t41-;/m1./s1. The van der Waals surface area contributed by atoms with Gasteiger partial charge >= 0.3 is 41.5 Å². The molecule has 0 radical (unpaired) electrons. The summed E-state index contributed by atoms with van der Waals surface area (Å²) in [6, 6.07) is 0. The van der Waals surface area contributed by atoms with Crippen LogP contribution in [0.1, 0.15) is 142 Å². The van der Waals surface area contributed by atoms with E-state index in [1.54, 1.807) is 0 Å². The molecular weight excluding hydrogens is 698 g/mol. The van der Waals surface area contributed by atoms with Crippen LogP contribution in [0, 0.1) is 0 Å². The van der Waals surface area contributed by atoms with Gasteiger partial charge in [-0.1, -0.05) is 137 Å². The van der Waals surface area contributed by atoms with Crippen LogP contribution in [-0.4, -0.2) is 36.1 Å². The predicted octanol–water partition coefficient (Wildman–Crippen LogP) is 8.21. The maximum atomic E-state index is 12.3. The molecule has 0 saturated heterocycles. The number of phosphoric ester groups is 1. The third-order valence-corrected chi connectivity index (χ3v) is 8.05. The quantitative estimate of drug-likeness (QED) is 0.0229. The summed E-state index contributed by atoms with van der Waals surface area (Å²) in [6.45, 7) is 3.42. The van der Waals surface area contributed by atoms with Crippen molar-refractivity contribution in [1.82, 2.24) is 0 Å². The van der Waals surface area contributed by atoms with E-state index < -0.39 is 32.5 Å². The van der Waals surface area contributed by atoms with Crippen LogP contribution in [0.4, 0.5) is 0 Å². The maximum absolute atomic E-state index is 12.3. The van der Waals surface area contributed by atoms with Crippen LogP contribution >= 0.6 is 7.82 Å². The molecule has 0 amide bonds. The average molecular weight is 767 g/mol. The molecule has 1 unspecified atom stereocenters. The van der Waals surface area contributed by atoms with Crippen LogP contribution in [-0.2, 0) is 28.2 Å². The minimum absolute atomic E-state index is 0. The van der Waals surface area contributed by atoms with Crippen molar-refractivity contribution >= 4 is 19.8 Å². The molecule has 2 atom stereocenters. The topological polar surface area (TPSA) is 122 Å². The number of carbonyl (C=O) groups is 2. The van der Waals surface area contributed by atoms with E-state index in [1.165, 1.54) is 38.5 Å². The first-order valence-corrected chi connectivity index (χ1v) is 21.0. The molecule has 1 N–H and O–H groups in total. The third kappa shape index (κ3) is 44.3. The Bertz CT molecular complexity index is 1160. The molecule has 0 saturated carbocycles. The molecule has 0 aliphatic carbocycles. The second-order valence-corrected chi connectivity index (χ2v) is 13.7. The first kappa shape index (κ1) is 53.1. The number of phosphoric acid groups is 1. The second kappa shape index (κ2) is 41.1. The molecule has 0 aromatic heterocycles. The van der Waals surface area contributed by atoms with Crippen molar-refractivity contribution in [2.45, 2.75) is 148 Å². The van der Waals surface area contributed by atoms with Gasteiger partial charge in [-0.2, -0.15) is 0 Å². The summed E-state index contributed by atoms with van der Waals surface area (Å²) in [4.78, 5) is 44.6. The van der Waals surface area contributed by atoms with Gasteiger partial charge in [-0.3, -0.25) is 14.2 Å². The smallest absolute Gasteiger partial charge is 0.756 e. The number of hydrogen-bond donors (Lipinski definition) is 1. The molecule has 0 fully saturated rings. The van der Waals surface area contributed by atoms with E-state index in [9.17, 15) is 19.0 Å². The van der Waals surface area contributed by atoms with Crippen molar-refractivity contribution in [3.05, 3.63) is 97.2 Å². The molecule has 10 heteroatoms. The second-order valence-electron chi connectivity index (χ2n) is 12.5. The number of ether oxygens (including phenoxy) is 2. The number of hydrogen-bond acceptors (Lipinski definition) is 7.